The standard InChI is InChI=1S/C25H36O6/c1-14(2)16-7-8-24(3)9-10-25(4)17(20(16)24)6-5-15(12-26)11-19(25)31-23-22(29)21(28)18(27)13-30-23/h5-6,12,14,18-19,21-23,27-29H,7-11,13H2,1-4H3/t18-,19+,21?,22-,23?,24-,25?/m1/s1. The first kappa shape index (κ1) is 22.9. The van der Waals surface area contributed by atoms with Gasteiger partial charge in [-0.3, -0.25) is 4.79 Å². The predicted molar refractivity (Wildman–Crippen MR) is 116 cm³/mol. The van der Waals surface area contributed by atoms with Crippen LogP contribution in [-0.2, 0) is 14.3 Å². The van der Waals surface area contributed by atoms with Gasteiger partial charge < -0.3 is 24.8 Å². The van der Waals surface area contributed by atoms with Gasteiger partial charge >= 0.3 is 0 Å². The van der Waals surface area contributed by atoms with Gasteiger partial charge in [0.05, 0.1) is 12.7 Å². The topological polar surface area (TPSA) is 96.2 Å². The summed E-state index contributed by atoms with van der Waals surface area (Å²) in [6.45, 7) is 8.93. The van der Waals surface area contributed by atoms with E-state index in [-0.39, 0.29) is 17.4 Å². The minimum Gasteiger partial charge on any atom is -0.388 e. The highest BCUT2D eigenvalue weighted by atomic mass is 16.7. The van der Waals surface area contributed by atoms with Gasteiger partial charge in [-0.05, 0) is 53.7 Å². The Morgan fingerprint density at radius 2 is 1.87 bits per heavy atom. The summed E-state index contributed by atoms with van der Waals surface area (Å²) in [7, 11) is 0. The minimum absolute atomic E-state index is 0.105. The van der Waals surface area contributed by atoms with E-state index in [1.807, 2.05) is 6.08 Å². The fourth-order valence-corrected chi connectivity index (χ4v) is 5.98. The maximum Gasteiger partial charge on any atom is 0.186 e. The largest absolute Gasteiger partial charge is 0.388 e. The van der Waals surface area contributed by atoms with E-state index in [0.717, 1.165) is 32.0 Å². The highest BCUT2D eigenvalue weighted by Crippen LogP contribution is 2.62. The third-order valence-electron chi connectivity index (χ3n) is 8.15. The summed E-state index contributed by atoms with van der Waals surface area (Å²) < 4.78 is 11.9. The Labute approximate surface area is 184 Å². The van der Waals surface area contributed by atoms with Crippen LogP contribution >= 0.6 is 0 Å². The molecule has 0 aromatic rings. The van der Waals surface area contributed by atoms with Gasteiger partial charge in [0, 0.05) is 11.8 Å². The molecule has 2 fully saturated rings. The Bertz CT molecular complexity index is 826. The van der Waals surface area contributed by atoms with Crippen LogP contribution in [0.1, 0.15) is 59.8 Å². The average molecular weight is 433 g/mol. The molecule has 1 aliphatic heterocycles. The van der Waals surface area contributed by atoms with Crippen molar-refractivity contribution in [1.29, 1.82) is 0 Å². The maximum atomic E-state index is 11.8. The highest BCUT2D eigenvalue weighted by molar-refractivity contribution is 5.74. The van der Waals surface area contributed by atoms with Crippen molar-refractivity contribution in [3.05, 3.63) is 34.4 Å². The monoisotopic (exact) mass is 432 g/mol. The molecule has 6 nitrogen and oxygen atoms in total. The fraction of sp³-hybridized carbons (Fsp3) is 0.720. The van der Waals surface area contributed by atoms with E-state index >= 15 is 0 Å². The molecule has 1 heterocycles. The minimum atomic E-state index is -1.35. The van der Waals surface area contributed by atoms with Crippen molar-refractivity contribution in [2.24, 2.45) is 16.7 Å². The van der Waals surface area contributed by atoms with Gasteiger partial charge in [-0.15, -0.1) is 0 Å². The van der Waals surface area contributed by atoms with Crippen LogP contribution in [0.5, 0.6) is 0 Å². The summed E-state index contributed by atoms with van der Waals surface area (Å²) in [5.74, 6) is 0.456. The first-order valence-electron chi connectivity index (χ1n) is 11.5. The second-order valence-electron chi connectivity index (χ2n) is 10.6. The zero-order valence-corrected chi connectivity index (χ0v) is 19.0. The lowest BCUT2D eigenvalue weighted by molar-refractivity contribution is -0.291. The SMILES string of the molecule is CC(C)C1=C2C3=CC=C(C=O)C[C@H](OC4OC[C@@H](O)C(O)[C@H]4O)C3(C)CC[C@@]2(C)CC1. The van der Waals surface area contributed by atoms with Crippen molar-refractivity contribution < 1.29 is 29.6 Å². The predicted octanol–water partition coefficient (Wildman–Crippen LogP) is 2.82. The average Bonchev–Trinajstić information content (AvgIpc) is 3.02. The van der Waals surface area contributed by atoms with Crippen molar-refractivity contribution in [3.8, 4) is 0 Å². The molecule has 3 unspecified atom stereocenters. The summed E-state index contributed by atoms with van der Waals surface area (Å²) in [4.78, 5) is 11.8. The number of aliphatic hydroxyl groups is 3. The molecule has 0 aromatic carbocycles. The third kappa shape index (κ3) is 3.76. The number of fused-ring (bicyclic) bond motifs is 3. The van der Waals surface area contributed by atoms with Gasteiger partial charge in [-0.1, -0.05) is 45.4 Å². The van der Waals surface area contributed by atoms with E-state index in [1.54, 1.807) is 0 Å². The van der Waals surface area contributed by atoms with E-state index in [2.05, 4.69) is 33.8 Å². The first-order valence-corrected chi connectivity index (χ1v) is 11.5. The van der Waals surface area contributed by atoms with Gasteiger partial charge in [0.15, 0.2) is 6.29 Å². The molecule has 0 spiro atoms. The van der Waals surface area contributed by atoms with E-state index in [9.17, 15) is 20.1 Å². The summed E-state index contributed by atoms with van der Waals surface area (Å²) in [5, 5.41) is 30.3. The number of carbonyl (C=O) groups excluding carboxylic acids is 1. The quantitative estimate of drug-likeness (QED) is 0.591. The molecule has 0 aromatic heterocycles. The van der Waals surface area contributed by atoms with E-state index in [1.165, 1.54) is 16.7 Å². The van der Waals surface area contributed by atoms with Crippen LogP contribution < -0.4 is 0 Å². The molecule has 6 heteroatoms. The molecule has 172 valence electrons. The highest BCUT2D eigenvalue weighted by Gasteiger charge is 2.53. The van der Waals surface area contributed by atoms with Crippen molar-refractivity contribution in [3.63, 3.8) is 0 Å². The smallest absolute Gasteiger partial charge is 0.186 e. The van der Waals surface area contributed by atoms with Crippen molar-refractivity contribution in [1.82, 2.24) is 0 Å². The Morgan fingerprint density at radius 3 is 2.55 bits per heavy atom. The van der Waals surface area contributed by atoms with Crippen LogP contribution in [0.15, 0.2) is 34.4 Å². The van der Waals surface area contributed by atoms with E-state index in [0.29, 0.717) is 17.9 Å². The van der Waals surface area contributed by atoms with Gasteiger partial charge in [0.1, 0.15) is 24.6 Å². The van der Waals surface area contributed by atoms with Gasteiger partial charge in [-0.2, -0.15) is 0 Å². The molecule has 4 aliphatic rings. The van der Waals surface area contributed by atoms with Crippen molar-refractivity contribution in [2.75, 3.05) is 6.61 Å². The van der Waals surface area contributed by atoms with Crippen LogP contribution in [0.4, 0.5) is 0 Å². The fourth-order valence-electron chi connectivity index (χ4n) is 5.98. The molecule has 7 atom stereocenters. The van der Waals surface area contributed by atoms with Gasteiger partial charge in [0.25, 0.3) is 0 Å². The molecule has 0 radical (unpaired) electrons. The molecular formula is C25H36O6. The summed E-state index contributed by atoms with van der Waals surface area (Å²) in [6.07, 6.45) is 4.23. The van der Waals surface area contributed by atoms with E-state index < -0.39 is 30.7 Å². The number of carbonyl (C=O) groups is 1. The Hall–Kier alpha value is -1.31. The molecule has 31 heavy (non-hydrogen) atoms. The number of rotatable bonds is 4. The number of hydrogen-bond acceptors (Lipinski definition) is 6. The van der Waals surface area contributed by atoms with Crippen LogP contribution in [0.2, 0.25) is 0 Å². The first-order chi connectivity index (χ1) is 14.6. The Morgan fingerprint density at radius 1 is 1.13 bits per heavy atom. The lowest BCUT2D eigenvalue weighted by Crippen LogP contribution is -2.56. The van der Waals surface area contributed by atoms with Crippen molar-refractivity contribution in [2.45, 2.75) is 90.5 Å². The number of hydrogen-bond donors (Lipinski definition) is 3. The van der Waals surface area contributed by atoms with Crippen LogP contribution in [-0.4, -0.2) is 58.9 Å². The molecule has 4 rings (SSSR count). The maximum absolute atomic E-state index is 11.8. The van der Waals surface area contributed by atoms with Gasteiger partial charge in [-0.25, -0.2) is 0 Å². The third-order valence-corrected chi connectivity index (χ3v) is 8.15. The number of aliphatic hydroxyl groups excluding tert-OH is 3. The molecule has 1 saturated heterocycles. The molecule has 3 N–H and O–H groups in total. The van der Waals surface area contributed by atoms with Crippen LogP contribution in [0.25, 0.3) is 0 Å². The molecule has 3 aliphatic carbocycles. The summed E-state index contributed by atoms with van der Waals surface area (Å²) in [6, 6.07) is 0. The number of aldehydes is 1. The van der Waals surface area contributed by atoms with Crippen molar-refractivity contribution >= 4 is 6.29 Å². The zero-order chi connectivity index (χ0) is 22.6. The van der Waals surface area contributed by atoms with Gasteiger partial charge in [0.2, 0.25) is 0 Å². The summed E-state index contributed by atoms with van der Waals surface area (Å²) in [5.41, 5.74) is 4.57. The van der Waals surface area contributed by atoms with E-state index in [4.69, 9.17) is 9.47 Å². The normalized spacial score (nSPS) is 43.2. The summed E-state index contributed by atoms with van der Waals surface area (Å²) >= 11 is 0. The molecule has 0 amide bonds. The lowest BCUT2D eigenvalue weighted by atomic mass is 9.57. The number of allylic oxidation sites excluding steroid dienone is 4. The van der Waals surface area contributed by atoms with Crippen LogP contribution in [0.3, 0.4) is 0 Å². The molecule has 0 bridgehead atoms. The zero-order valence-electron chi connectivity index (χ0n) is 19.0. The Kier molecular flexibility index (Phi) is 6.07. The Balaban J connectivity index is 1.73. The molecule has 1 saturated carbocycles. The molecular weight excluding hydrogens is 396 g/mol. The lowest BCUT2D eigenvalue weighted by Gasteiger charge is -2.50. The van der Waals surface area contributed by atoms with Crippen LogP contribution in [0, 0.1) is 16.7 Å². The second kappa shape index (κ2) is 8.23. The second-order valence-corrected chi connectivity index (χ2v) is 10.6. The number of ether oxygens (including phenoxy) is 2.